The highest BCUT2D eigenvalue weighted by molar-refractivity contribution is 5.38. The molecule has 112 valence electrons. The van der Waals surface area contributed by atoms with Crippen LogP contribution in [0.15, 0.2) is 43.0 Å². The van der Waals surface area contributed by atoms with E-state index in [1.807, 2.05) is 20.8 Å². The van der Waals surface area contributed by atoms with Crippen molar-refractivity contribution in [2.45, 2.75) is 32.9 Å². The Bertz CT molecular complexity index is 632. The van der Waals surface area contributed by atoms with Crippen LogP contribution in [-0.4, -0.2) is 19.6 Å². The van der Waals surface area contributed by atoms with Gasteiger partial charge in [-0.15, -0.1) is 0 Å². The third-order valence-corrected chi connectivity index (χ3v) is 3.75. The van der Waals surface area contributed by atoms with E-state index in [4.69, 9.17) is 0 Å². The Morgan fingerprint density at radius 3 is 2.62 bits per heavy atom. The molecular weight excluding hydrogens is 270 g/mol. The average molecular weight is 289 g/mol. The molecule has 2 aromatic rings. The first-order valence-electron chi connectivity index (χ1n) is 6.67. The summed E-state index contributed by atoms with van der Waals surface area (Å²) >= 11 is 0. The molecule has 1 unspecified atom stereocenters. The van der Waals surface area contributed by atoms with Gasteiger partial charge in [0.05, 0.1) is 17.8 Å². The highest BCUT2D eigenvalue weighted by atomic mass is 16.6. The minimum absolute atomic E-state index is 0.0270. The van der Waals surface area contributed by atoms with E-state index in [1.165, 1.54) is 12.1 Å². The van der Waals surface area contributed by atoms with E-state index in [1.54, 1.807) is 35.4 Å². The minimum atomic E-state index is -1.25. The lowest BCUT2D eigenvalue weighted by atomic mass is 9.72. The number of aromatic nitrogens is 2. The summed E-state index contributed by atoms with van der Waals surface area (Å²) < 4.78 is 1.77. The zero-order valence-electron chi connectivity index (χ0n) is 12.4. The van der Waals surface area contributed by atoms with Crippen LogP contribution in [0.1, 0.15) is 26.3 Å². The second-order valence-electron chi connectivity index (χ2n) is 6.15. The van der Waals surface area contributed by atoms with Gasteiger partial charge in [-0.05, 0) is 11.0 Å². The van der Waals surface area contributed by atoms with Crippen molar-refractivity contribution < 1.29 is 10.0 Å². The van der Waals surface area contributed by atoms with Crippen molar-refractivity contribution in [1.82, 2.24) is 9.55 Å². The van der Waals surface area contributed by atoms with Gasteiger partial charge in [-0.25, -0.2) is 4.98 Å². The molecule has 1 heterocycles. The molecule has 1 aromatic heterocycles. The monoisotopic (exact) mass is 289 g/mol. The van der Waals surface area contributed by atoms with Gasteiger partial charge in [-0.1, -0.05) is 32.9 Å². The minimum Gasteiger partial charge on any atom is -0.383 e. The van der Waals surface area contributed by atoms with E-state index >= 15 is 0 Å². The second-order valence-corrected chi connectivity index (χ2v) is 6.15. The Balaban J connectivity index is 2.50. The lowest BCUT2D eigenvalue weighted by molar-refractivity contribution is -0.385. The standard InChI is InChI=1S/C15H19N3O3/c1-14(2,3)15(19,10-17-8-7-16-11-17)12-5-4-6-13(9-12)18(20)21/h4-9,11,19H,10H2,1-3H3. The van der Waals surface area contributed by atoms with Crippen molar-refractivity contribution in [2.24, 2.45) is 5.41 Å². The molecule has 0 radical (unpaired) electrons. The van der Waals surface area contributed by atoms with Crippen molar-refractivity contribution in [3.05, 3.63) is 58.7 Å². The molecule has 1 aromatic carbocycles. The van der Waals surface area contributed by atoms with Crippen LogP contribution in [0.25, 0.3) is 0 Å². The van der Waals surface area contributed by atoms with Gasteiger partial charge in [0, 0.05) is 24.5 Å². The van der Waals surface area contributed by atoms with Gasteiger partial charge in [0.1, 0.15) is 5.60 Å². The van der Waals surface area contributed by atoms with Crippen molar-refractivity contribution in [3.8, 4) is 0 Å². The number of hydrogen-bond donors (Lipinski definition) is 1. The molecule has 0 aliphatic rings. The third-order valence-electron chi connectivity index (χ3n) is 3.75. The fraction of sp³-hybridized carbons (Fsp3) is 0.400. The Kier molecular flexibility index (Phi) is 3.82. The fourth-order valence-corrected chi connectivity index (χ4v) is 2.28. The number of nitro groups is 1. The third kappa shape index (κ3) is 2.95. The highest BCUT2D eigenvalue weighted by Gasteiger charge is 2.42. The molecular formula is C15H19N3O3. The van der Waals surface area contributed by atoms with Crippen molar-refractivity contribution in [1.29, 1.82) is 0 Å². The maximum Gasteiger partial charge on any atom is 0.269 e. The molecule has 0 spiro atoms. The SMILES string of the molecule is CC(C)(C)C(O)(Cn1ccnc1)c1cccc([N+](=O)[O-])c1. The average Bonchev–Trinajstić information content (AvgIpc) is 2.90. The largest absolute Gasteiger partial charge is 0.383 e. The molecule has 0 saturated heterocycles. The molecule has 21 heavy (non-hydrogen) atoms. The van der Waals surface area contributed by atoms with E-state index in [-0.39, 0.29) is 12.2 Å². The molecule has 0 bridgehead atoms. The molecule has 1 N–H and O–H groups in total. The van der Waals surface area contributed by atoms with Gasteiger partial charge < -0.3 is 9.67 Å². The number of benzene rings is 1. The summed E-state index contributed by atoms with van der Waals surface area (Å²) in [6.45, 7) is 5.99. The van der Waals surface area contributed by atoms with Crippen molar-refractivity contribution in [3.63, 3.8) is 0 Å². The number of rotatable bonds is 4. The number of non-ortho nitro benzene ring substituents is 1. The lowest BCUT2D eigenvalue weighted by Gasteiger charge is -2.41. The Morgan fingerprint density at radius 1 is 1.38 bits per heavy atom. The van der Waals surface area contributed by atoms with Gasteiger partial charge >= 0.3 is 0 Å². The number of nitrogens with zero attached hydrogens (tertiary/aromatic N) is 3. The van der Waals surface area contributed by atoms with Crippen LogP contribution in [-0.2, 0) is 12.1 Å². The maximum atomic E-state index is 11.2. The summed E-state index contributed by atoms with van der Waals surface area (Å²) in [7, 11) is 0. The molecule has 0 amide bonds. The van der Waals surface area contributed by atoms with E-state index in [0.717, 1.165) is 0 Å². The number of aliphatic hydroxyl groups is 1. The van der Waals surface area contributed by atoms with Gasteiger partial charge in [0.2, 0.25) is 0 Å². The molecule has 0 aliphatic carbocycles. The summed E-state index contributed by atoms with van der Waals surface area (Å²) in [5.41, 5.74) is -1.26. The zero-order chi connectivity index (χ0) is 15.7. The van der Waals surface area contributed by atoms with E-state index < -0.39 is 15.9 Å². The molecule has 6 nitrogen and oxygen atoms in total. The Hall–Kier alpha value is -2.21. The predicted molar refractivity (Wildman–Crippen MR) is 78.7 cm³/mol. The topological polar surface area (TPSA) is 81.2 Å². The first-order chi connectivity index (χ1) is 9.74. The molecule has 0 aliphatic heterocycles. The number of imidazole rings is 1. The highest BCUT2D eigenvalue weighted by Crippen LogP contribution is 2.41. The van der Waals surface area contributed by atoms with E-state index in [0.29, 0.717) is 5.56 Å². The summed E-state index contributed by atoms with van der Waals surface area (Å²) in [5, 5.41) is 22.2. The van der Waals surface area contributed by atoms with Crippen molar-refractivity contribution >= 4 is 5.69 Å². The Morgan fingerprint density at radius 2 is 2.10 bits per heavy atom. The second kappa shape index (κ2) is 5.29. The Labute approximate surface area is 123 Å². The summed E-state index contributed by atoms with van der Waals surface area (Å²) in [6.07, 6.45) is 5.01. The van der Waals surface area contributed by atoms with Crippen LogP contribution < -0.4 is 0 Å². The summed E-state index contributed by atoms with van der Waals surface area (Å²) in [4.78, 5) is 14.5. The quantitative estimate of drug-likeness (QED) is 0.693. The van der Waals surface area contributed by atoms with Gasteiger partial charge in [0.25, 0.3) is 5.69 Å². The number of nitro benzene ring substituents is 1. The van der Waals surface area contributed by atoms with Crippen LogP contribution in [0.5, 0.6) is 0 Å². The van der Waals surface area contributed by atoms with Crippen LogP contribution in [0.2, 0.25) is 0 Å². The molecule has 6 heteroatoms. The van der Waals surface area contributed by atoms with Gasteiger partial charge in [0.15, 0.2) is 0 Å². The van der Waals surface area contributed by atoms with Crippen LogP contribution in [0.4, 0.5) is 5.69 Å². The smallest absolute Gasteiger partial charge is 0.269 e. The number of hydrogen-bond acceptors (Lipinski definition) is 4. The zero-order valence-corrected chi connectivity index (χ0v) is 12.4. The molecule has 0 saturated carbocycles. The molecule has 0 fully saturated rings. The molecule has 1 atom stereocenters. The van der Waals surface area contributed by atoms with Crippen LogP contribution >= 0.6 is 0 Å². The van der Waals surface area contributed by atoms with Crippen molar-refractivity contribution in [2.75, 3.05) is 0 Å². The van der Waals surface area contributed by atoms with E-state index in [9.17, 15) is 15.2 Å². The summed E-state index contributed by atoms with van der Waals surface area (Å²) in [6, 6.07) is 6.17. The van der Waals surface area contributed by atoms with Gasteiger partial charge in [-0.2, -0.15) is 0 Å². The maximum absolute atomic E-state index is 11.2. The van der Waals surface area contributed by atoms with Crippen LogP contribution in [0.3, 0.4) is 0 Å². The van der Waals surface area contributed by atoms with Crippen LogP contribution in [0, 0.1) is 15.5 Å². The first kappa shape index (κ1) is 15.2. The first-order valence-corrected chi connectivity index (χ1v) is 6.67. The normalized spacial score (nSPS) is 14.7. The molecule has 2 rings (SSSR count). The van der Waals surface area contributed by atoms with Gasteiger partial charge in [-0.3, -0.25) is 10.1 Å². The predicted octanol–water partition coefficient (Wildman–Crippen LogP) is 2.73. The lowest BCUT2D eigenvalue weighted by Crippen LogP contribution is -2.43. The fourth-order valence-electron chi connectivity index (χ4n) is 2.28. The van der Waals surface area contributed by atoms with E-state index in [2.05, 4.69) is 4.98 Å². The summed E-state index contributed by atoms with van der Waals surface area (Å²) in [5.74, 6) is 0.